The van der Waals surface area contributed by atoms with Gasteiger partial charge in [0.05, 0.1) is 0 Å². The predicted octanol–water partition coefficient (Wildman–Crippen LogP) is 4.30. The van der Waals surface area contributed by atoms with Crippen LogP contribution in [0, 0.1) is 0 Å². The average Bonchev–Trinajstić information content (AvgIpc) is 2.42. The van der Waals surface area contributed by atoms with Gasteiger partial charge in [0.2, 0.25) is 0 Å². The molecular formula is C16H27NS. The second kappa shape index (κ2) is 10.5. The topological polar surface area (TPSA) is 12.0 Å². The van der Waals surface area contributed by atoms with Gasteiger partial charge < -0.3 is 5.32 Å². The normalized spacial score (nSPS) is 12.6. The first-order chi connectivity index (χ1) is 8.88. The van der Waals surface area contributed by atoms with Crippen LogP contribution in [0.3, 0.4) is 0 Å². The van der Waals surface area contributed by atoms with Crippen molar-refractivity contribution in [3.8, 4) is 0 Å². The summed E-state index contributed by atoms with van der Waals surface area (Å²) in [6, 6.07) is 11.0. The summed E-state index contributed by atoms with van der Waals surface area (Å²) in [5.74, 6) is 1.98. The zero-order valence-electron chi connectivity index (χ0n) is 11.8. The summed E-state index contributed by atoms with van der Waals surface area (Å²) in [6.07, 6.45) is 7.40. The Labute approximate surface area is 117 Å². The Balaban J connectivity index is 2.42. The van der Waals surface area contributed by atoms with E-state index in [2.05, 4.69) is 48.8 Å². The predicted molar refractivity (Wildman–Crippen MR) is 84.6 cm³/mol. The quantitative estimate of drug-likeness (QED) is 0.633. The molecule has 0 fully saturated rings. The van der Waals surface area contributed by atoms with Crippen LogP contribution >= 0.6 is 11.8 Å². The summed E-state index contributed by atoms with van der Waals surface area (Å²) >= 11 is 1.95. The number of hydrogen-bond donors (Lipinski definition) is 1. The molecule has 0 bridgehead atoms. The number of thioether (sulfide) groups is 1. The molecule has 0 radical (unpaired) electrons. The molecule has 102 valence electrons. The molecule has 0 saturated carbocycles. The summed E-state index contributed by atoms with van der Waals surface area (Å²) in [5.41, 5.74) is 1.49. The molecule has 0 aliphatic heterocycles. The molecule has 0 spiro atoms. The molecule has 0 aromatic heterocycles. The second-order valence-electron chi connectivity index (χ2n) is 4.80. The first-order valence-corrected chi connectivity index (χ1v) is 8.52. The van der Waals surface area contributed by atoms with Gasteiger partial charge in [0.15, 0.2) is 0 Å². The molecular weight excluding hydrogens is 238 g/mol. The van der Waals surface area contributed by atoms with Crippen molar-refractivity contribution in [3.63, 3.8) is 0 Å². The van der Waals surface area contributed by atoms with E-state index >= 15 is 0 Å². The zero-order chi connectivity index (χ0) is 13.1. The highest BCUT2D eigenvalue weighted by molar-refractivity contribution is 7.98. The monoisotopic (exact) mass is 265 g/mol. The number of unbranched alkanes of at least 4 members (excludes halogenated alkanes) is 1. The van der Waals surface area contributed by atoms with E-state index in [4.69, 9.17) is 0 Å². The Bertz CT molecular complexity index is 286. The fourth-order valence-corrected chi connectivity index (χ4v) is 2.69. The van der Waals surface area contributed by atoms with Crippen molar-refractivity contribution in [1.82, 2.24) is 5.32 Å². The van der Waals surface area contributed by atoms with Gasteiger partial charge in [0.25, 0.3) is 0 Å². The third kappa shape index (κ3) is 6.46. The van der Waals surface area contributed by atoms with E-state index in [-0.39, 0.29) is 0 Å². The van der Waals surface area contributed by atoms with Crippen molar-refractivity contribution in [2.75, 3.05) is 25.1 Å². The van der Waals surface area contributed by atoms with Crippen molar-refractivity contribution in [2.45, 2.75) is 38.5 Å². The zero-order valence-corrected chi connectivity index (χ0v) is 12.6. The summed E-state index contributed by atoms with van der Waals surface area (Å²) in [5, 5.41) is 3.57. The van der Waals surface area contributed by atoms with Gasteiger partial charge in [-0.05, 0) is 49.3 Å². The van der Waals surface area contributed by atoms with Gasteiger partial charge in [-0.2, -0.15) is 11.8 Å². The van der Waals surface area contributed by atoms with Gasteiger partial charge in [-0.15, -0.1) is 0 Å². The van der Waals surface area contributed by atoms with E-state index in [1.807, 2.05) is 11.8 Å². The molecule has 1 aromatic rings. The van der Waals surface area contributed by atoms with Crippen molar-refractivity contribution in [2.24, 2.45) is 0 Å². The van der Waals surface area contributed by atoms with Crippen LogP contribution < -0.4 is 5.32 Å². The van der Waals surface area contributed by atoms with Crippen LogP contribution in [-0.2, 0) is 0 Å². The fraction of sp³-hybridized carbons (Fsp3) is 0.625. The van der Waals surface area contributed by atoms with Gasteiger partial charge in [-0.3, -0.25) is 0 Å². The maximum absolute atomic E-state index is 3.57. The molecule has 1 atom stereocenters. The number of hydrogen-bond acceptors (Lipinski definition) is 2. The van der Waals surface area contributed by atoms with Crippen LogP contribution in [0.15, 0.2) is 30.3 Å². The number of rotatable bonds is 10. The highest BCUT2D eigenvalue weighted by Gasteiger charge is 2.10. The smallest absolute Gasteiger partial charge is 0.00201 e. The van der Waals surface area contributed by atoms with E-state index in [0.717, 1.165) is 13.1 Å². The van der Waals surface area contributed by atoms with E-state index < -0.39 is 0 Å². The molecule has 1 aromatic carbocycles. The third-order valence-corrected chi connectivity index (χ3v) is 3.94. The van der Waals surface area contributed by atoms with Gasteiger partial charge in [-0.25, -0.2) is 0 Å². The molecule has 2 heteroatoms. The van der Waals surface area contributed by atoms with Crippen LogP contribution in [0.5, 0.6) is 0 Å². The van der Waals surface area contributed by atoms with Crippen LogP contribution in [0.4, 0.5) is 0 Å². The molecule has 0 heterocycles. The summed E-state index contributed by atoms with van der Waals surface area (Å²) in [4.78, 5) is 0. The molecule has 1 unspecified atom stereocenters. The highest BCUT2D eigenvalue weighted by Crippen LogP contribution is 2.21. The molecule has 1 N–H and O–H groups in total. The van der Waals surface area contributed by atoms with E-state index in [9.17, 15) is 0 Å². The largest absolute Gasteiger partial charge is 0.316 e. The average molecular weight is 265 g/mol. The maximum Gasteiger partial charge on any atom is 0.00201 e. The van der Waals surface area contributed by atoms with Gasteiger partial charge in [0, 0.05) is 6.54 Å². The Morgan fingerprint density at radius 1 is 1.17 bits per heavy atom. The lowest BCUT2D eigenvalue weighted by Gasteiger charge is -2.18. The van der Waals surface area contributed by atoms with Gasteiger partial charge in [0.1, 0.15) is 0 Å². The van der Waals surface area contributed by atoms with Crippen molar-refractivity contribution in [3.05, 3.63) is 35.9 Å². The van der Waals surface area contributed by atoms with Gasteiger partial charge in [-0.1, -0.05) is 43.7 Å². The fourth-order valence-electron chi connectivity index (χ4n) is 2.20. The maximum atomic E-state index is 3.57. The Kier molecular flexibility index (Phi) is 9.05. The Morgan fingerprint density at radius 3 is 2.61 bits per heavy atom. The van der Waals surface area contributed by atoms with Crippen molar-refractivity contribution >= 4 is 11.8 Å². The molecule has 18 heavy (non-hydrogen) atoms. The lowest BCUT2D eigenvalue weighted by atomic mass is 9.93. The lowest BCUT2D eigenvalue weighted by Crippen LogP contribution is -2.22. The number of benzene rings is 1. The van der Waals surface area contributed by atoms with E-state index in [1.54, 1.807) is 0 Å². The first-order valence-electron chi connectivity index (χ1n) is 7.13. The highest BCUT2D eigenvalue weighted by atomic mass is 32.2. The number of nitrogens with one attached hydrogen (secondary N) is 1. The lowest BCUT2D eigenvalue weighted by molar-refractivity contribution is 0.529. The summed E-state index contributed by atoms with van der Waals surface area (Å²) < 4.78 is 0. The molecule has 1 rings (SSSR count). The minimum absolute atomic E-state index is 0.680. The minimum Gasteiger partial charge on any atom is -0.316 e. The van der Waals surface area contributed by atoms with Crippen LogP contribution in [0.25, 0.3) is 0 Å². The van der Waals surface area contributed by atoms with Crippen LogP contribution in [-0.4, -0.2) is 25.1 Å². The molecule has 1 nitrogen and oxygen atoms in total. The SMILES string of the molecule is CCCNCC(CCCCSC)c1ccccc1. The van der Waals surface area contributed by atoms with Crippen LogP contribution in [0.2, 0.25) is 0 Å². The summed E-state index contributed by atoms with van der Waals surface area (Å²) in [6.45, 7) is 4.48. The van der Waals surface area contributed by atoms with E-state index in [0.29, 0.717) is 5.92 Å². The third-order valence-electron chi connectivity index (χ3n) is 3.24. The standard InChI is InChI=1S/C16H27NS/c1-3-12-17-14-16(11-7-8-13-18-2)15-9-5-4-6-10-15/h4-6,9-10,16-17H,3,7-8,11-14H2,1-2H3. The van der Waals surface area contributed by atoms with Crippen molar-refractivity contribution in [1.29, 1.82) is 0 Å². The summed E-state index contributed by atoms with van der Waals surface area (Å²) in [7, 11) is 0. The molecule has 0 amide bonds. The first kappa shape index (κ1) is 15.6. The molecule has 0 aliphatic carbocycles. The van der Waals surface area contributed by atoms with Crippen molar-refractivity contribution < 1.29 is 0 Å². The molecule has 0 saturated heterocycles. The van der Waals surface area contributed by atoms with Crippen LogP contribution in [0.1, 0.15) is 44.1 Å². The molecule has 0 aliphatic rings. The Morgan fingerprint density at radius 2 is 1.94 bits per heavy atom. The second-order valence-corrected chi connectivity index (χ2v) is 5.79. The van der Waals surface area contributed by atoms with E-state index in [1.165, 1.54) is 37.0 Å². The Hall–Kier alpha value is -0.470. The van der Waals surface area contributed by atoms with Gasteiger partial charge >= 0.3 is 0 Å². The minimum atomic E-state index is 0.680.